The first-order chi connectivity index (χ1) is 48.2. The summed E-state index contributed by atoms with van der Waals surface area (Å²) in [5, 5.41) is 89.2. The number of likely N-dealkylation sites (tertiary alicyclic amines) is 4. The van der Waals surface area contributed by atoms with Crippen LogP contribution < -0.4 is 18.9 Å². The van der Waals surface area contributed by atoms with Crippen LogP contribution in [0.3, 0.4) is 0 Å². The number of benzene rings is 4. The summed E-state index contributed by atoms with van der Waals surface area (Å²) < 4.78 is 24.1. The Hall–Kier alpha value is -6.36. The number of nitrogens with zero attached hydrogens (tertiary/aromatic N) is 4. The van der Waals surface area contributed by atoms with Gasteiger partial charge in [-0.15, -0.1) is 0 Å². The van der Waals surface area contributed by atoms with Crippen LogP contribution in [-0.4, -0.2) is 207 Å². The summed E-state index contributed by atoms with van der Waals surface area (Å²) in [6, 6.07) is 14.8. The predicted octanol–water partition coefficient (Wildman–Crippen LogP) is 6.10. The highest BCUT2D eigenvalue weighted by molar-refractivity contribution is 5.93. The van der Waals surface area contributed by atoms with E-state index in [0.717, 1.165) is 172 Å². The molecule has 8 aliphatic heterocycles. The highest BCUT2D eigenvalue weighted by atomic mass is 16.5. The van der Waals surface area contributed by atoms with E-state index in [-0.39, 0.29) is 70.3 Å². The molecule has 0 aromatic heterocycles. The van der Waals surface area contributed by atoms with Gasteiger partial charge in [-0.3, -0.25) is 38.8 Å². The quantitative estimate of drug-likeness (QED) is 0.0989. The van der Waals surface area contributed by atoms with Crippen LogP contribution in [0.2, 0.25) is 0 Å². The average Bonchev–Trinajstić information content (AvgIpc) is 0.989. The summed E-state index contributed by atoms with van der Waals surface area (Å²) in [5.74, 6) is 5.55. The van der Waals surface area contributed by atoms with Crippen LogP contribution in [0.4, 0.5) is 0 Å². The SMILES string of the molecule is O=C1CC[C@@]2(O)[C@H]3Cc4ccc(O)c5c4[C@@]2(CCN3CC2CC2)[C@H]1O5.O=C1CC[C@@]2(O)[C@H]3Cc4ccc(O)c5c4[C@@]2(CCN3CC2CC2)[C@H]1O5.O=C1CC[C@@]2(O)[C@H]3Cc4ccc(O)c5c4[C@@]2(CCN3CC2CC2)[C@H]1O5.O=C1CC[C@@]2(O)[C@H]3Cc4ccc(O)c5c4[C@@]2(CCN3CC2CC2)[C@H]1O5. The van der Waals surface area contributed by atoms with E-state index in [4.69, 9.17) is 18.9 Å². The Kier molecular flexibility index (Phi) is 12.9. The van der Waals surface area contributed by atoms with E-state index in [2.05, 4.69) is 19.6 Å². The second-order valence-electron chi connectivity index (χ2n) is 34.9. The molecule has 20 aliphatic rings. The molecule has 12 fully saturated rings. The number of piperidine rings is 4. The van der Waals surface area contributed by atoms with E-state index in [9.17, 15) is 60.0 Å². The molecular formula is C80H92N4O16. The fourth-order valence-electron chi connectivity index (χ4n) is 25.1. The van der Waals surface area contributed by atoms with Gasteiger partial charge in [-0.2, -0.15) is 0 Å². The van der Waals surface area contributed by atoms with Crippen molar-refractivity contribution in [1.29, 1.82) is 0 Å². The van der Waals surface area contributed by atoms with Crippen molar-refractivity contribution < 1.29 is 79.0 Å². The van der Waals surface area contributed by atoms with E-state index in [1.807, 2.05) is 24.3 Å². The lowest BCUT2D eigenvalue weighted by Crippen LogP contribution is -2.76. The van der Waals surface area contributed by atoms with Gasteiger partial charge in [-0.1, -0.05) is 24.3 Å². The first kappa shape index (κ1) is 62.2. The molecule has 0 amide bonds. The third-order valence-corrected chi connectivity index (χ3v) is 30.2. The van der Waals surface area contributed by atoms with Crippen molar-refractivity contribution in [2.45, 2.75) is 247 Å². The molecule has 8 saturated carbocycles. The number of rotatable bonds is 8. The van der Waals surface area contributed by atoms with Crippen LogP contribution in [0, 0.1) is 23.7 Å². The van der Waals surface area contributed by atoms with Gasteiger partial charge in [-0.05, 0) is 225 Å². The lowest BCUT2D eigenvalue weighted by Gasteiger charge is -2.62. The molecule has 4 saturated heterocycles. The van der Waals surface area contributed by atoms with Crippen molar-refractivity contribution in [2.75, 3.05) is 52.4 Å². The van der Waals surface area contributed by atoms with Gasteiger partial charge < -0.3 is 59.8 Å². The maximum absolute atomic E-state index is 12.7. The number of hydrogen-bond acceptors (Lipinski definition) is 20. The summed E-state index contributed by atoms with van der Waals surface area (Å²) >= 11 is 0. The largest absolute Gasteiger partial charge is 0.504 e. The number of carbonyl (C=O) groups is 4. The van der Waals surface area contributed by atoms with E-state index in [0.29, 0.717) is 74.4 Å². The first-order valence-electron chi connectivity index (χ1n) is 38.2. The van der Waals surface area contributed by atoms with E-state index >= 15 is 0 Å². The molecule has 16 atom stereocenters. The van der Waals surface area contributed by atoms with Crippen molar-refractivity contribution >= 4 is 23.1 Å². The topological polar surface area (TPSA) is 280 Å². The molecule has 12 aliphatic carbocycles. The Morgan fingerprint density at radius 1 is 0.320 bits per heavy atom. The number of Topliss-reactive ketones (excluding diaryl/α,β-unsaturated/α-hetero) is 4. The fourth-order valence-corrected chi connectivity index (χ4v) is 25.1. The standard InChI is InChI=1S/4C20H23NO4/c4*22-13-4-3-12-9-15-20(24)6-5-14(23)18-19(20,16(12)17(13)25-18)7-8-21(15)10-11-1-2-11/h4*3-4,11,15,18,22,24H,1-2,5-10H2/t4*15-,18+,19+,20-/m1111/s1. The van der Waals surface area contributed by atoms with Gasteiger partial charge in [0.25, 0.3) is 0 Å². The van der Waals surface area contributed by atoms with Gasteiger partial charge in [0.05, 0.1) is 44.1 Å². The Labute approximate surface area is 580 Å². The van der Waals surface area contributed by atoms with Crippen molar-refractivity contribution in [3.05, 3.63) is 93.0 Å². The van der Waals surface area contributed by atoms with Crippen LogP contribution in [0.15, 0.2) is 48.5 Å². The molecule has 8 heterocycles. The van der Waals surface area contributed by atoms with E-state index < -0.39 is 68.5 Å². The van der Waals surface area contributed by atoms with Gasteiger partial charge in [-0.25, -0.2) is 0 Å². The molecule has 4 aromatic rings. The average molecular weight is 1370 g/mol. The number of carbonyl (C=O) groups excluding carboxylic acids is 4. The highest BCUT2D eigenvalue weighted by Gasteiger charge is 2.78. The number of ketones is 4. The lowest BCUT2D eigenvalue weighted by atomic mass is 9.49. The predicted molar refractivity (Wildman–Crippen MR) is 359 cm³/mol. The maximum atomic E-state index is 12.7. The van der Waals surface area contributed by atoms with E-state index in [1.165, 1.54) is 51.4 Å². The van der Waals surface area contributed by atoms with Crippen LogP contribution in [0.1, 0.15) is 173 Å². The summed E-state index contributed by atoms with van der Waals surface area (Å²) in [7, 11) is 0. The molecule has 4 aromatic carbocycles. The van der Waals surface area contributed by atoms with Crippen LogP contribution in [0.25, 0.3) is 0 Å². The number of ether oxygens (including phenoxy) is 4. The summed E-state index contributed by atoms with van der Waals surface area (Å²) in [6.45, 7) is 7.81. The van der Waals surface area contributed by atoms with Gasteiger partial charge in [0.1, 0.15) is 0 Å². The van der Waals surface area contributed by atoms with Crippen molar-refractivity contribution in [3.63, 3.8) is 0 Å². The fraction of sp³-hybridized carbons (Fsp3) is 0.650. The number of aliphatic hydroxyl groups is 4. The Morgan fingerprint density at radius 3 is 0.730 bits per heavy atom. The third kappa shape index (κ3) is 7.85. The monoisotopic (exact) mass is 1360 g/mol. The van der Waals surface area contributed by atoms with Crippen molar-refractivity contribution in [3.8, 4) is 46.0 Å². The minimum atomic E-state index is -0.940. The van der Waals surface area contributed by atoms with Crippen LogP contribution >= 0.6 is 0 Å². The third-order valence-electron chi connectivity index (χ3n) is 30.2. The number of phenolic OH excluding ortho intramolecular Hbond substituents is 4. The maximum Gasteiger partial charge on any atom is 0.174 e. The second kappa shape index (κ2) is 20.7. The van der Waals surface area contributed by atoms with Gasteiger partial charge in [0.15, 0.2) is 93.5 Å². The Bertz CT molecular complexity index is 3750. The Balaban J connectivity index is 0.0000000873. The highest BCUT2D eigenvalue weighted by Crippen LogP contribution is 2.70. The Morgan fingerprint density at radius 2 is 0.530 bits per heavy atom. The lowest BCUT2D eigenvalue weighted by molar-refractivity contribution is -0.188. The number of aromatic hydroxyl groups is 4. The summed E-state index contributed by atoms with van der Waals surface area (Å²) in [4.78, 5) is 60.7. The van der Waals surface area contributed by atoms with Gasteiger partial charge >= 0.3 is 0 Å². The molecule has 100 heavy (non-hydrogen) atoms. The minimum absolute atomic E-state index is 0.0454. The van der Waals surface area contributed by atoms with Crippen LogP contribution in [0.5, 0.6) is 46.0 Å². The van der Waals surface area contributed by atoms with Crippen molar-refractivity contribution in [2.24, 2.45) is 23.7 Å². The molecule has 4 spiro atoms. The van der Waals surface area contributed by atoms with Crippen molar-refractivity contribution in [1.82, 2.24) is 19.6 Å². The first-order valence-corrected chi connectivity index (χ1v) is 38.2. The summed E-state index contributed by atoms with van der Waals surface area (Å²) in [6.07, 6.45) is 17.3. The zero-order valence-electron chi connectivity index (χ0n) is 56.8. The number of hydrogen-bond donors (Lipinski definition) is 8. The zero-order valence-corrected chi connectivity index (χ0v) is 56.8. The normalized spacial score (nSPS) is 41.4. The molecule has 24 rings (SSSR count). The molecule has 8 N–H and O–H groups in total. The molecule has 20 heteroatoms. The second-order valence-corrected chi connectivity index (χ2v) is 34.9. The molecule has 20 nitrogen and oxygen atoms in total. The minimum Gasteiger partial charge on any atom is -0.504 e. The van der Waals surface area contributed by atoms with Crippen LogP contribution in [-0.2, 0) is 66.5 Å². The smallest absolute Gasteiger partial charge is 0.174 e. The van der Waals surface area contributed by atoms with E-state index in [1.54, 1.807) is 24.3 Å². The summed E-state index contributed by atoms with van der Waals surface area (Å²) in [5.41, 5.74) is 1.81. The van der Waals surface area contributed by atoms with Gasteiger partial charge in [0.2, 0.25) is 0 Å². The molecular weight excluding hydrogens is 1270 g/mol. The molecule has 0 unspecified atom stereocenters. The zero-order chi connectivity index (χ0) is 67.9. The molecule has 8 bridgehead atoms. The van der Waals surface area contributed by atoms with Gasteiger partial charge in [0, 0.05) is 98.3 Å². The molecule has 528 valence electrons. The number of phenols is 4. The molecule has 0 radical (unpaired) electrons.